The fraction of sp³-hybridized carbons (Fsp3) is 0.300. The number of carbonyl (C=O) groups is 3. The third-order valence-corrected chi connectivity index (χ3v) is 5.15. The molecule has 0 bridgehead atoms. The Bertz CT molecular complexity index is 1170. The van der Waals surface area contributed by atoms with Gasteiger partial charge in [0.2, 0.25) is 0 Å². The zero-order valence-corrected chi connectivity index (χ0v) is 21.8. The van der Waals surface area contributed by atoms with Crippen LogP contribution in [0.5, 0.6) is 5.75 Å². The Morgan fingerprint density at radius 2 is 1.29 bits per heavy atom. The normalized spacial score (nSPS) is 11.7. The maximum absolute atomic E-state index is 12.9. The highest BCUT2D eigenvalue weighted by molar-refractivity contribution is 5.81. The lowest BCUT2D eigenvalue weighted by Crippen LogP contribution is -2.43. The van der Waals surface area contributed by atoms with Gasteiger partial charge in [-0.2, -0.15) is 0 Å². The molecule has 0 aliphatic heterocycles. The number of carbonyl (C=O) groups excluding carboxylic acids is 3. The van der Waals surface area contributed by atoms with Crippen LogP contribution in [0, 0.1) is 0 Å². The minimum Gasteiger partial charge on any atom is -0.482 e. The minimum atomic E-state index is -0.976. The lowest BCUT2D eigenvalue weighted by molar-refractivity contribution is -0.157. The fourth-order valence-corrected chi connectivity index (χ4v) is 3.40. The van der Waals surface area contributed by atoms with Crippen molar-refractivity contribution in [3.63, 3.8) is 0 Å². The number of benzene rings is 3. The predicted molar refractivity (Wildman–Crippen MR) is 141 cm³/mol. The van der Waals surface area contributed by atoms with Crippen molar-refractivity contribution < 1.29 is 33.3 Å². The van der Waals surface area contributed by atoms with Crippen LogP contribution in [0.15, 0.2) is 84.9 Å². The van der Waals surface area contributed by atoms with E-state index < -0.39 is 29.7 Å². The third kappa shape index (κ3) is 10.3. The van der Waals surface area contributed by atoms with Gasteiger partial charge in [-0.05, 0) is 49.6 Å². The summed E-state index contributed by atoms with van der Waals surface area (Å²) in [6.45, 7) is 5.28. The summed E-state index contributed by atoms with van der Waals surface area (Å²) in [5, 5.41) is 2.62. The topological polar surface area (TPSA) is 100 Å². The molecule has 0 aliphatic carbocycles. The summed E-state index contributed by atoms with van der Waals surface area (Å²) in [5.74, 6) is -0.588. The van der Waals surface area contributed by atoms with Gasteiger partial charge in [0.05, 0.1) is 0 Å². The van der Waals surface area contributed by atoms with Crippen molar-refractivity contribution >= 4 is 18.0 Å². The summed E-state index contributed by atoms with van der Waals surface area (Å²) in [6.07, 6.45) is -0.562. The second kappa shape index (κ2) is 13.8. The second-order valence-electron chi connectivity index (χ2n) is 9.58. The Labute approximate surface area is 222 Å². The second-order valence-corrected chi connectivity index (χ2v) is 9.58. The van der Waals surface area contributed by atoms with E-state index in [0.717, 1.165) is 16.7 Å². The molecule has 1 N–H and O–H groups in total. The zero-order valence-electron chi connectivity index (χ0n) is 21.8. The summed E-state index contributed by atoms with van der Waals surface area (Å²) in [6, 6.07) is 24.4. The van der Waals surface area contributed by atoms with Crippen molar-refractivity contribution in [3.05, 3.63) is 102 Å². The van der Waals surface area contributed by atoms with Gasteiger partial charge < -0.3 is 24.3 Å². The molecule has 0 spiro atoms. The maximum Gasteiger partial charge on any atom is 0.408 e. The van der Waals surface area contributed by atoms with E-state index in [9.17, 15) is 14.4 Å². The van der Waals surface area contributed by atoms with Crippen molar-refractivity contribution in [1.82, 2.24) is 5.32 Å². The van der Waals surface area contributed by atoms with Gasteiger partial charge in [0.1, 0.15) is 30.6 Å². The van der Waals surface area contributed by atoms with Crippen LogP contribution in [0.25, 0.3) is 0 Å². The summed E-state index contributed by atoms with van der Waals surface area (Å²) in [7, 11) is 0. The largest absolute Gasteiger partial charge is 0.482 e. The van der Waals surface area contributed by atoms with E-state index in [1.807, 2.05) is 60.7 Å². The van der Waals surface area contributed by atoms with Crippen molar-refractivity contribution in [3.8, 4) is 5.75 Å². The van der Waals surface area contributed by atoms with Gasteiger partial charge in [-0.3, -0.25) is 0 Å². The molecule has 0 fully saturated rings. The molecule has 200 valence electrons. The quantitative estimate of drug-likeness (QED) is 0.281. The highest BCUT2D eigenvalue weighted by Crippen LogP contribution is 2.15. The van der Waals surface area contributed by atoms with Gasteiger partial charge in [-0.1, -0.05) is 72.8 Å². The number of hydrogen-bond acceptors (Lipinski definition) is 7. The van der Waals surface area contributed by atoms with Crippen LogP contribution in [0.1, 0.15) is 37.5 Å². The summed E-state index contributed by atoms with van der Waals surface area (Å²) in [4.78, 5) is 37.3. The number of ether oxygens (including phenoxy) is 4. The maximum atomic E-state index is 12.9. The van der Waals surface area contributed by atoms with Crippen LogP contribution < -0.4 is 10.1 Å². The molecule has 0 heterocycles. The van der Waals surface area contributed by atoms with E-state index in [1.54, 1.807) is 45.0 Å². The molecule has 0 aromatic heterocycles. The van der Waals surface area contributed by atoms with Crippen LogP contribution in [0.2, 0.25) is 0 Å². The molecule has 8 nitrogen and oxygen atoms in total. The van der Waals surface area contributed by atoms with E-state index in [0.29, 0.717) is 5.75 Å². The van der Waals surface area contributed by atoms with Crippen LogP contribution in [0.4, 0.5) is 4.79 Å². The van der Waals surface area contributed by atoms with Gasteiger partial charge in [0.25, 0.3) is 0 Å². The van der Waals surface area contributed by atoms with Gasteiger partial charge in [-0.15, -0.1) is 0 Å². The molecule has 0 radical (unpaired) electrons. The average Bonchev–Trinajstić information content (AvgIpc) is 2.90. The van der Waals surface area contributed by atoms with Gasteiger partial charge >= 0.3 is 18.0 Å². The first kappa shape index (κ1) is 28.2. The van der Waals surface area contributed by atoms with Crippen LogP contribution in [-0.2, 0) is 43.4 Å². The monoisotopic (exact) mass is 519 g/mol. The Hall–Kier alpha value is -4.33. The molecule has 3 rings (SSSR count). The molecule has 38 heavy (non-hydrogen) atoms. The smallest absolute Gasteiger partial charge is 0.408 e. The van der Waals surface area contributed by atoms with Gasteiger partial charge in [-0.25, -0.2) is 14.4 Å². The van der Waals surface area contributed by atoms with E-state index in [-0.39, 0.29) is 26.2 Å². The Balaban J connectivity index is 1.60. The summed E-state index contributed by atoms with van der Waals surface area (Å²) >= 11 is 0. The number of esters is 2. The van der Waals surface area contributed by atoms with Crippen molar-refractivity contribution in [2.75, 3.05) is 6.61 Å². The van der Waals surface area contributed by atoms with Gasteiger partial charge in [0, 0.05) is 6.42 Å². The Morgan fingerprint density at radius 3 is 1.84 bits per heavy atom. The van der Waals surface area contributed by atoms with Crippen molar-refractivity contribution in [2.24, 2.45) is 0 Å². The minimum absolute atomic E-state index is 0.0716. The van der Waals surface area contributed by atoms with Crippen molar-refractivity contribution in [2.45, 2.75) is 52.0 Å². The fourth-order valence-electron chi connectivity index (χ4n) is 3.40. The van der Waals surface area contributed by atoms with Crippen LogP contribution in [0.3, 0.4) is 0 Å². The number of nitrogens with one attached hydrogen (secondary N) is 1. The van der Waals surface area contributed by atoms with Gasteiger partial charge in [0.15, 0.2) is 6.61 Å². The standard InChI is InChI=1S/C30H33NO7/c1-30(2,3)38-27(32)21-35-25-16-14-22(15-17-25)18-26(28(33)36-19-23-10-6-4-7-11-23)31-29(34)37-20-24-12-8-5-9-13-24/h4-17,26H,18-21H2,1-3H3,(H,31,34)/t26-/m0/s1. The SMILES string of the molecule is CC(C)(C)OC(=O)COc1ccc(C[C@H](NC(=O)OCc2ccccc2)C(=O)OCc2ccccc2)cc1. The van der Waals surface area contributed by atoms with Crippen LogP contribution in [-0.4, -0.2) is 36.3 Å². The molecule has 3 aromatic rings. The average molecular weight is 520 g/mol. The highest BCUT2D eigenvalue weighted by Gasteiger charge is 2.24. The molecule has 0 aliphatic rings. The van der Waals surface area contributed by atoms with Crippen LogP contribution >= 0.6 is 0 Å². The molecule has 8 heteroatoms. The first-order valence-electron chi connectivity index (χ1n) is 12.3. The Kier molecular flexibility index (Phi) is 10.3. The molecular formula is C30H33NO7. The highest BCUT2D eigenvalue weighted by atomic mass is 16.6. The predicted octanol–water partition coefficient (Wildman–Crippen LogP) is 4.99. The molecule has 1 amide bonds. The molecule has 3 aromatic carbocycles. The van der Waals surface area contributed by atoms with Crippen molar-refractivity contribution in [1.29, 1.82) is 0 Å². The molecule has 0 saturated carbocycles. The zero-order chi connectivity index (χ0) is 27.4. The number of hydrogen-bond donors (Lipinski definition) is 1. The molecule has 0 unspecified atom stereocenters. The van der Waals surface area contributed by atoms with E-state index >= 15 is 0 Å². The Morgan fingerprint density at radius 1 is 0.737 bits per heavy atom. The van der Waals surface area contributed by atoms with E-state index in [2.05, 4.69) is 5.32 Å². The summed E-state index contributed by atoms with van der Waals surface area (Å²) in [5.41, 5.74) is 1.81. The first-order chi connectivity index (χ1) is 18.2. The lowest BCUT2D eigenvalue weighted by Gasteiger charge is -2.19. The number of alkyl carbamates (subject to hydrolysis) is 1. The third-order valence-electron chi connectivity index (χ3n) is 5.15. The van der Waals surface area contributed by atoms with E-state index in [1.165, 1.54) is 0 Å². The first-order valence-corrected chi connectivity index (χ1v) is 12.3. The summed E-state index contributed by atoms with van der Waals surface area (Å²) < 4.78 is 21.5. The van der Waals surface area contributed by atoms with E-state index in [4.69, 9.17) is 18.9 Å². The lowest BCUT2D eigenvalue weighted by atomic mass is 10.1. The number of rotatable bonds is 11. The molecule has 0 saturated heterocycles. The molecular weight excluding hydrogens is 486 g/mol. The number of amides is 1. The molecule has 1 atom stereocenters.